The van der Waals surface area contributed by atoms with Crippen LogP contribution in [0, 0.1) is 11.3 Å². The Morgan fingerprint density at radius 1 is 1.07 bits per heavy atom. The van der Waals surface area contributed by atoms with Crippen molar-refractivity contribution in [2.45, 2.75) is 76.2 Å². The van der Waals surface area contributed by atoms with E-state index >= 15 is 0 Å². The van der Waals surface area contributed by atoms with Crippen LogP contribution in [0.25, 0.3) is 0 Å². The number of anilines is 4. The first kappa shape index (κ1) is 45.5. The summed E-state index contributed by atoms with van der Waals surface area (Å²) in [6.45, 7) is 7.38. The number of rotatable bonds is 12. The van der Waals surface area contributed by atoms with E-state index < -0.39 is 34.8 Å². The van der Waals surface area contributed by atoms with Crippen molar-refractivity contribution >= 4 is 87.7 Å². The number of alkyl halides is 3. The Morgan fingerprint density at radius 3 is 2.46 bits per heavy atom. The van der Waals surface area contributed by atoms with Gasteiger partial charge < -0.3 is 20.3 Å². The molecule has 1 saturated carbocycles. The van der Waals surface area contributed by atoms with Crippen molar-refractivity contribution < 1.29 is 37.1 Å². The maximum Gasteiger partial charge on any atom is 0.417 e. The number of piperazine rings is 1. The van der Waals surface area contributed by atoms with E-state index in [0.29, 0.717) is 73.2 Å². The highest BCUT2D eigenvalue weighted by atomic mass is 35.5. The second kappa shape index (κ2) is 18.5. The van der Waals surface area contributed by atoms with Gasteiger partial charge in [0.2, 0.25) is 17.7 Å². The van der Waals surface area contributed by atoms with Crippen molar-refractivity contribution in [1.82, 2.24) is 15.1 Å². The van der Waals surface area contributed by atoms with Gasteiger partial charge in [-0.3, -0.25) is 39.2 Å². The number of hydrogen-bond donors (Lipinski definition) is 3. The molecular formula is C42H45Cl2F3N8O5S. The van der Waals surface area contributed by atoms with Crippen LogP contribution in [0.4, 0.5) is 35.9 Å². The van der Waals surface area contributed by atoms with Crippen molar-refractivity contribution in [3.63, 3.8) is 0 Å². The van der Waals surface area contributed by atoms with Crippen LogP contribution in [-0.4, -0.2) is 95.5 Å². The number of hydrogen-bond acceptors (Lipinski definition) is 10. The summed E-state index contributed by atoms with van der Waals surface area (Å²) in [7, 11) is 0. The molecule has 0 radical (unpaired) electrons. The summed E-state index contributed by atoms with van der Waals surface area (Å²) >= 11 is 12.1. The molecule has 3 saturated heterocycles. The lowest BCUT2D eigenvalue weighted by molar-refractivity contribution is -0.138. The highest BCUT2D eigenvalue weighted by Crippen LogP contribution is 2.49. The van der Waals surface area contributed by atoms with Crippen molar-refractivity contribution in [3.8, 4) is 11.8 Å². The van der Waals surface area contributed by atoms with Gasteiger partial charge in [-0.1, -0.05) is 18.5 Å². The summed E-state index contributed by atoms with van der Waals surface area (Å²) < 4.78 is 47.8. The minimum Gasteiger partial charge on any atom is -0.492 e. The number of thiocarbonyl (C=S) groups is 1. The van der Waals surface area contributed by atoms with Crippen LogP contribution in [0.2, 0.25) is 5.02 Å². The minimum atomic E-state index is -4.79. The van der Waals surface area contributed by atoms with E-state index in [1.807, 2.05) is 25.1 Å². The molecule has 2 unspecified atom stereocenters. The number of benzene rings is 3. The predicted octanol–water partition coefficient (Wildman–Crippen LogP) is 6.52. The standard InChI is InChI=1S/C42H44ClF3N8O5S.ClH/c1-3-26-17-32(54-40(60)53(39(58)41(54)11-4-12-41)31-6-5-27(22-47)33(21-31)42(44,45)46)7-9-35(26)59-16-15-51-13-14-52(25(2)23-51)24-37(56)49-30-19-28(43)18-29(20-30)48-34-8-10-36(55)50-38(34)57;/h5-7,9,17-21,25,34,48H,3-4,8,10-16,23-24H2,1-2H3,(H,49,56)(H,50,55,57);1H. The molecule has 3 aromatic carbocycles. The molecule has 3 aliphatic heterocycles. The van der Waals surface area contributed by atoms with E-state index in [0.717, 1.165) is 42.1 Å². The van der Waals surface area contributed by atoms with Crippen LogP contribution in [-0.2, 0) is 31.8 Å². The number of ether oxygens (including phenoxy) is 1. The SMILES string of the molecule is CCc1cc(N2C(=S)N(c3ccc(C#N)c(C(F)(F)F)c3)C(=O)C23CCC3)ccc1OCCN1CCN(CC(=O)Nc2cc(Cl)cc(NC3CCC(=O)NC3=O)c2)C(C)C1.Cl. The van der Waals surface area contributed by atoms with Crippen molar-refractivity contribution in [3.05, 3.63) is 76.3 Å². The van der Waals surface area contributed by atoms with E-state index in [-0.39, 0.29) is 59.9 Å². The van der Waals surface area contributed by atoms with Crippen molar-refractivity contribution in [2.75, 3.05) is 59.8 Å². The highest BCUT2D eigenvalue weighted by Gasteiger charge is 2.59. The zero-order valence-electron chi connectivity index (χ0n) is 33.4. The number of imide groups is 1. The van der Waals surface area contributed by atoms with Crippen LogP contribution < -0.4 is 30.5 Å². The number of carbonyl (C=O) groups excluding carboxylic acids is 4. The maximum atomic E-state index is 14.0. The summed E-state index contributed by atoms with van der Waals surface area (Å²) in [5, 5.41) is 18.1. The van der Waals surface area contributed by atoms with Gasteiger partial charge in [0.05, 0.1) is 29.4 Å². The van der Waals surface area contributed by atoms with Gasteiger partial charge in [0.15, 0.2) is 5.11 Å². The largest absolute Gasteiger partial charge is 0.492 e. The number of carbonyl (C=O) groups is 4. The molecule has 0 aromatic heterocycles. The Labute approximate surface area is 367 Å². The van der Waals surface area contributed by atoms with E-state index in [4.69, 9.17) is 28.6 Å². The zero-order chi connectivity index (χ0) is 42.9. The first-order valence-corrected chi connectivity index (χ1v) is 20.6. The Hall–Kier alpha value is -4.99. The summed E-state index contributed by atoms with van der Waals surface area (Å²) in [4.78, 5) is 58.1. The zero-order valence-corrected chi connectivity index (χ0v) is 35.8. The van der Waals surface area contributed by atoms with Gasteiger partial charge in [-0.25, -0.2) is 0 Å². The van der Waals surface area contributed by atoms with E-state index in [9.17, 15) is 37.6 Å². The lowest BCUT2D eigenvalue weighted by Gasteiger charge is -2.43. The van der Waals surface area contributed by atoms with Gasteiger partial charge in [-0.15, -0.1) is 12.4 Å². The fourth-order valence-electron chi connectivity index (χ4n) is 8.29. The number of nitriles is 1. The van der Waals surface area contributed by atoms with Crippen LogP contribution >= 0.6 is 36.2 Å². The molecule has 1 aliphatic carbocycles. The first-order chi connectivity index (χ1) is 28.6. The molecule has 4 amide bonds. The molecule has 3 heterocycles. The summed E-state index contributed by atoms with van der Waals surface area (Å²) in [5.41, 5.74) is -0.128. The maximum absolute atomic E-state index is 14.0. The van der Waals surface area contributed by atoms with Gasteiger partial charge in [0.25, 0.3) is 5.91 Å². The average molecular weight is 902 g/mol. The number of nitrogens with one attached hydrogen (secondary N) is 3. The first-order valence-electron chi connectivity index (χ1n) is 19.8. The number of nitrogens with zero attached hydrogens (tertiary/aromatic N) is 5. The third-order valence-corrected chi connectivity index (χ3v) is 12.2. The molecule has 13 nitrogen and oxygen atoms in total. The third kappa shape index (κ3) is 9.58. The fraction of sp³-hybridized carbons (Fsp3) is 0.429. The number of piperidine rings is 1. The molecule has 1 spiro atoms. The van der Waals surface area contributed by atoms with Gasteiger partial charge in [0.1, 0.15) is 23.9 Å². The number of aryl methyl sites for hydroxylation is 1. The molecule has 0 bridgehead atoms. The normalized spacial score (nSPS) is 20.5. The van der Waals surface area contributed by atoms with E-state index in [2.05, 4.69) is 32.7 Å². The predicted molar refractivity (Wildman–Crippen MR) is 231 cm³/mol. The molecule has 324 valence electrons. The lowest BCUT2D eigenvalue weighted by Crippen LogP contribution is -2.55. The van der Waals surface area contributed by atoms with E-state index in [1.54, 1.807) is 29.2 Å². The van der Waals surface area contributed by atoms with Crippen LogP contribution in [0.15, 0.2) is 54.6 Å². The van der Waals surface area contributed by atoms with Crippen LogP contribution in [0.5, 0.6) is 5.75 Å². The van der Waals surface area contributed by atoms with Gasteiger partial charge in [0, 0.05) is 60.7 Å². The molecule has 19 heteroatoms. The van der Waals surface area contributed by atoms with E-state index in [1.165, 1.54) is 6.07 Å². The minimum absolute atomic E-state index is 0. The Bertz CT molecular complexity index is 2270. The molecule has 4 fully saturated rings. The molecule has 2 atom stereocenters. The Balaban J connectivity index is 0.00000622. The van der Waals surface area contributed by atoms with Crippen molar-refractivity contribution in [2.24, 2.45) is 0 Å². The summed E-state index contributed by atoms with van der Waals surface area (Å²) in [6, 6.07) is 14.8. The topological polar surface area (TPSA) is 150 Å². The Morgan fingerprint density at radius 2 is 1.80 bits per heavy atom. The molecule has 4 aliphatic rings. The number of amides is 4. The Kier molecular flexibility index (Phi) is 13.8. The van der Waals surface area contributed by atoms with Gasteiger partial charge >= 0.3 is 6.18 Å². The summed E-state index contributed by atoms with van der Waals surface area (Å²) in [5.74, 6) is -0.628. The van der Waals surface area contributed by atoms with Gasteiger partial charge in [-0.2, -0.15) is 18.4 Å². The quantitative estimate of drug-likeness (QED) is 0.135. The molecule has 3 aromatic rings. The fourth-order valence-corrected chi connectivity index (χ4v) is 8.99. The molecule has 7 rings (SSSR count). The summed E-state index contributed by atoms with van der Waals surface area (Å²) in [6.07, 6.45) is -1.83. The smallest absolute Gasteiger partial charge is 0.417 e. The van der Waals surface area contributed by atoms with Crippen LogP contribution in [0.1, 0.15) is 62.6 Å². The van der Waals surface area contributed by atoms with Crippen molar-refractivity contribution in [1.29, 1.82) is 5.26 Å². The van der Waals surface area contributed by atoms with Crippen LogP contribution in [0.3, 0.4) is 0 Å². The third-order valence-electron chi connectivity index (χ3n) is 11.6. The average Bonchev–Trinajstić information content (AvgIpc) is 3.42. The molecule has 3 N–H and O–H groups in total. The second-order valence-corrected chi connectivity index (χ2v) is 16.3. The monoisotopic (exact) mass is 900 g/mol. The highest BCUT2D eigenvalue weighted by molar-refractivity contribution is 7.81. The number of halogens is 5. The molecular weight excluding hydrogens is 856 g/mol. The van der Waals surface area contributed by atoms with Gasteiger partial charge in [-0.05, 0) is 111 Å². The second-order valence-electron chi connectivity index (χ2n) is 15.5. The lowest BCUT2D eigenvalue weighted by atomic mass is 9.75. The molecule has 61 heavy (non-hydrogen) atoms.